The second-order valence-corrected chi connectivity index (χ2v) is 6.15. The first kappa shape index (κ1) is 14.2. The van der Waals surface area contributed by atoms with Gasteiger partial charge in [-0.2, -0.15) is 0 Å². The van der Waals surface area contributed by atoms with E-state index in [0.29, 0.717) is 11.7 Å². The highest BCUT2D eigenvalue weighted by Gasteiger charge is 2.20. The van der Waals surface area contributed by atoms with E-state index in [-0.39, 0.29) is 0 Å². The van der Waals surface area contributed by atoms with Gasteiger partial charge in [0.15, 0.2) is 0 Å². The zero-order valence-electron chi connectivity index (χ0n) is 12.8. The molecular weight excluding hydrogens is 256 g/mol. The molecule has 2 aromatic rings. The third kappa shape index (κ3) is 2.97. The van der Waals surface area contributed by atoms with Gasteiger partial charge >= 0.3 is 0 Å². The maximum Gasteiger partial charge on any atom is 0.120 e. The zero-order valence-corrected chi connectivity index (χ0v) is 12.8. The van der Waals surface area contributed by atoms with E-state index in [0.717, 1.165) is 12.0 Å². The Morgan fingerprint density at radius 2 is 2.00 bits per heavy atom. The van der Waals surface area contributed by atoms with Gasteiger partial charge in [-0.25, -0.2) is 0 Å². The van der Waals surface area contributed by atoms with Crippen molar-refractivity contribution in [2.24, 2.45) is 0 Å². The maximum atomic E-state index is 10.4. The number of benzene rings is 2. The van der Waals surface area contributed by atoms with Crippen molar-refractivity contribution in [2.45, 2.75) is 51.4 Å². The lowest BCUT2D eigenvalue weighted by atomic mass is 9.82. The van der Waals surface area contributed by atoms with E-state index in [4.69, 9.17) is 0 Å². The number of allylic oxidation sites excluding steroid dienone is 2. The lowest BCUT2D eigenvalue weighted by Gasteiger charge is -2.23. The summed E-state index contributed by atoms with van der Waals surface area (Å²) in [5.74, 6) is 0.823. The van der Waals surface area contributed by atoms with Crippen molar-refractivity contribution in [2.75, 3.05) is 0 Å². The molecule has 1 aliphatic carbocycles. The van der Waals surface area contributed by atoms with Gasteiger partial charge in [0.1, 0.15) is 5.75 Å². The van der Waals surface area contributed by atoms with Crippen molar-refractivity contribution < 1.29 is 5.11 Å². The van der Waals surface area contributed by atoms with Gasteiger partial charge in [0, 0.05) is 11.5 Å². The molecule has 110 valence electrons. The minimum Gasteiger partial charge on any atom is -0.508 e. The van der Waals surface area contributed by atoms with Gasteiger partial charge in [0.25, 0.3) is 0 Å². The molecule has 1 unspecified atom stereocenters. The first-order valence-corrected chi connectivity index (χ1v) is 8.19. The summed E-state index contributed by atoms with van der Waals surface area (Å²) in [7, 11) is 0. The third-order valence-corrected chi connectivity index (χ3v) is 4.62. The number of phenols is 1. The van der Waals surface area contributed by atoms with Crippen LogP contribution in [-0.4, -0.2) is 5.11 Å². The minimum absolute atomic E-state index is 0.372. The van der Waals surface area contributed by atoms with Gasteiger partial charge in [-0.05, 0) is 48.9 Å². The summed E-state index contributed by atoms with van der Waals surface area (Å²) in [6, 6.07) is 12.3. The summed E-state index contributed by atoms with van der Waals surface area (Å²) in [5, 5.41) is 12.8. The molecule has 0 saturated heterocycles. The molecule has 0 heterocycles. The van der Waals surface area contributed by atoms with Crippen LogP contribution < -0.4 is 0 Å². The molecule has 0 amide bonds. The average Bonchev–Trinajstić information content (AvgIpc) is 2.53. The van der Waals surface area contributed by atoms with Crippen LogP contribution in [0.25, 0.3) is 10.8 Å². The Bertz CT molecular complexity index is 654. The van der Waals surface area contributed by atoms with E-state index in [1.54, 1.807) is 5.57 Å². The van der Waals surface area contributed by atoms with Crippen molar-refractivity contribution >= 4 is 10.8 Å². The van der Waals surface area contributed by atoms with Crippen LogP contribution in [-0.2, 0) is 0 Å². The minimum atomic E-state index is 0.372. The Morgan fingerprint density at radius 3 is 2.86 bits per heavy atom. The number of rotatable bonds is 4. The molecule has 1 heteroatoms. The summed E-state index contributed by atoms with van der Waals surface area (Å²) in [6.07, 6.45) is 9.81. The van der Waals surface area contributed by atoms with Crippen molar-refractivity contribution in [1.82, 2.24) is 0 Å². The Balaban J connectivity index is 2.01. The first-order valence-electron chi connectivity index (χ1n) is 8.19. The van der Waals surface area contributed by atoms with E-state index in [9.17, 15) is 5.11 Å². The highest BCUT2D eigenvalue weighted by Crippen LogP contribution is 2.40. The van der Waals surface area contributed by atoms with Gasteiger partial charge in [0.05, 0.1) is 0 Å². The molecule has 0 bridgehead atoms. The molecule has 0 aromatic heterocycles. The molecular formula is C20H24O. The van der Waals surface area contributed by atoms with Gasteiger partial charge in [-0.3, -0.25) is 0 Å². The van der Waals surface area contributed by atoms with Crippen LogP contribution in [0.1, 0.15) is 56.9 Å². The fourth-order valence-electron chi connectivity index (χ4n) is 3.51. The standard InChI is InChI=1S/C20H24O/c1-2-3-7-15-8-6-10-17(14-15)20-18-11-5-4-9-16(18)12-13-19(20)21/h4-5,9,11-14,17,21H,2-3,6-8,10H2,1H3. The summed E-state index contributed by atoms with van der Waals surface area (Å²) >= 11 is 0. The molecule has 0 spiro atoms. The smallest absolute Gasteiger partial charge is 0.120 e. The van der Waals surface area contributed by atoms with Crippen LogP contribution in [0.3, 0.4) is 0 Å². The SMILES string of the molecule is CCCCC1=CC(c2c(O)ccc3ccccc23)CCC1. The Hall–Kier alpha value is -1.76. The number of hydrogen-bond donors (Lipinski definition) is 1. The van der Waals surface area contributed by atoms with Crippen LogP contribution in [0.2, 0.25) is 0 Å². The quantitative estimate of drug-likeness (QED) is 0.688. The molecule has 0 saturated carbocycles. The van der Waals surface area contributed by atoms with E-state index >= 15 is 0 Å². The fraction of sp³-hybridized carbons (Fsp3) is 0.400. The van der Waals surface area contributed by atoms with Gasteiger partial charge in [-0.1, -0.05) is 55.3 Å². The normalized spacial score (nSPS) is 18.7. The largest absolute Gasteiger partial charge is 0.508 e. The van der Waals surface area contributed by atoms with Crippen LogP contribution in [0, 0.1) is 0 Å². The summed E-state index contributed by atoms with van der Waals surface area (Å²) < 4.78 is 0. The van der Waals surface area contributed by atoms with Crippen LogP contribution in [0.15, 0.2) is 48.0 Å². The topological polar surface area (TPSA) is 20.2 Å². The maximum absolute atomic E-state index is 10.4. The van der Waals surface area contributed by atoms with Crippen LogP contribution >= 0.6 is 0 Å². The third-order valence-electron chi connectivity index (χ3n) is 4.62. The Labute approximate surface area is 127 Å². The van der Waals surface area contributed by atoms with Crippen LogP contribution in [0.4, 0.5) is 0 Å². The molecule has 0 fully saturated rings. The van der Waals surface area contributed by atoms with Gasteiger partial charge in [-0.15, -0.1) is 0 Å². The molecule has 2 aromatic carbocycles. The monoisotopic (exact) mass is 280 g/mol. The van der Waals surface area contributed by atoms with Crippen molar-refractivity contribution in [3.8, 4) is 5.75 Å². The number of hydrogen-bond acceptors (Lipinski definition) is 1. The average molecular weight is 280 g/mol. The van der Waals surface area contributed by atoms with E-state index in [1.807, 2.05) is 12.1 Å². The van der Waals surface area contributed by atoms with Crippen molar-refractivity contribution in [1.29, 1.82) is 0 Å². The second-order valence-electron chi connectivity index (χ2n) is 6.15. The van der Waals surface area contributed by atoms with Gasteiger partial charge < -0.3 is 5.11 Å². The van der Waals surface area contributed by atoms with E-state index in [1.165, 1.54) is 42.9 Å². The molecule has 0 radical (unpaired) electrons. The molecule has 1 N–H and O–H groups in total. The molecule has 21 heavy (non-hydrogen) atoms. The molecule has 3 rings (SSSR count). The second kappa shape index (κ2) is 6.34. The van der Waals surface area contributed by atoms with Crippen molar-refractivity contribution in [3.63, 3.8) is 0 Å². The first-order chi connectivity index (χ1) is 10.3. The van der Waals surface area contributed by atoms with Crippen LogP contribution in [0.5, 0.6) is 5.75 Å². The molecule has 0 aliphatic heterocycles. The highest BCUT2D eigenvalue weighted by molar-refractivity contribution is 5.88. The Morgan fingerprint density at radius 1 is 1.14 bits per heavy atom. The van der Waals surface area contributed by atoms with E-state index < -0.39 is 0 Å². The number of aromatic hydroxyl groups is 1. The summed E-state index contributed by atoms with van der Waals surface area (Å²) in [6.45, 7) is 2.25. The Kier molecular flexibility index (Phi) is 4.28. The summed E-state index contributed by atoms with van der Waals surface area (Å²) in [5.41, 5.74) is 2.71. The zero-order chi connectivity index (χ0) is 14.7. The predicted molar refractivity (Wildman–Crippen MR) is 89.8 cm³/mol. The molecule has 1 nitrogen and oxygen atoms in total. The highest BCUT2D eigenvalue weighted by atomic mass is 16.3. The number of phenolic OH excluding ortho intramolecular Hbond substituents is 1. The van der Waals surface area contributed by atoms with Crippen molar-refractivity contribution in [3.05, 3.63) is 53.6 Å². The number of fused-ring (bicyclic) bond motifs is 1. The molecule has 1 aliphatic rings. The van der Waals surface area contributed by atoms with E-state index in [2.05, 4.69) is 37.3 Å². The fourth-order valence-corrected chi connectivity index (χ4v) is 3.51. The lowest BCUT2D eigenvalue weighted by Crippen LogP contribution is -2.04. The summed E-state index contributed by atoms with van der Waals surface area (Å²) in [4.78, 5) is 0. The number of unbranched alkanes of at least 4 members (excludes halogenated alkanes) is 1. The van der Waals surface area contributed by atoms with Gasteiger partial charge in [0.2, 0.25) is 0 Å². The predicted octanol–water partition coefficient (Wildman–Crippen LogP) is 5.93. The molecule has 1 atom stereocenters. The lowest BCUT2D eigenvalue weighted by molar-refractivity contribution is 0.462.